The third kappa shape index (κ3) is 11.7. The van der Waals surface area contributed by atoms with Gasteiger partial charge in [-0.3, -0.25) is 0 Å². The van der Waals surface area contributed by atoms with Crippen LogP contribution in [0.1, 0.15) is 33.4 Å². The molecule has 0 fully saturated rings. The van der Waals surface area contributed by atoms with Crippen LogP contribution < -0.4 is 0 Å². The van der Waals surface area contributed by atoms with Gasteiger partial charge in [-0.05, 0) is 171 Å². The molecule has 6 aromatic heterocycles. The largest absolute Gasteiger partial charge is 0.416 e. The van der Waals surface area contributed by atoms with E-state index in [4.69, 9.17) is 0 Å². The van der Waals surface area contributed by atoms with Gasteiger partial charge in [0.2, 0.25) is 0 Å². The second kappa shape index (κ2) is 29.9. The fourth-order valence-corrected chi connectivity index (χ4v) is 20.7. The predicted octanol–water partition coefficient (Wildman–Crippen LogP) is 30.5. The highest BCUT2D eigenvalue weighted by molar-refractivity contribution is 6.18. The van der Waals surface area contributed by atoms with Crippen LogP contribution in [-0.4, -0.2) is 27.4 Å². The molecule has 129 heavy (non-hydrogen) atoms. The molecule has 12 heteroatoms. The number of hydrogen-bond acceptors (Lipinski definition) is 3. The van der Waals surface area contributed by atoms with Crippen LogP contribution in [0.5, 0.6) is 0 Å². The zero-order chi connectivity index (χ0) is 86.3. The Hall–Kier alpha value is -17.5. The summed E-state index contributed by atoms with van der Waals surface area (Å²) in [5.74, 6) is 0. The molecule has 0 N–H and O–H groups in total. The number of alkyl halides is 3. The normalized spacial score (nSPS) is 12.1. The summed E-state index contributed by atoms with van der Waals surface area (Å²) < 4.78 is 53.0. The number of rotatable bonds is 8. The lowest BCUT2D eigenvalue weighted by Gasteiger charge is -2.27. The van der Waals surface area contributed by atoms with Gasteiger partial charge < -0.3 is 27.4 Å². The Morgan fingerprint density at radius 1 is 0.248 bits per heavy atom. The quantitative estimate of drug-likeness (QED) is 0.151. The van der Waals surface area contributed by atoms with Crippen LogP contribution in [0, 0.1) is 34.0 Å². The molecule has 19 aromatic carbocycles. The van der Waals surface area contributed by atoms with Crippen molar-refractivity contribution in [1.29, 1.82) is 15.8 Å². The van der Waals surface area contributed by atoms with E-state index in [1.54, 1.807) is 18.2 Å². The molecule has 0 bridgehead atoms. The van der Waals surface area contributed by atoms with E-state index >= 15 is 0 Å². The van der Waals surface area contributed by atoms with E-state index < -0.39 is 11.7 Å². The molecule has 1 aliphatic rings. The molecule has 0 atom stereocenters. The standard InChI is InChI=1S/C56H32N6.C32H20N2.C29H18F3N/c57-33-43-53(59-45-25-9-1-17-35(45)36-18-2-10-26-46(36)59)44(34-58)55(61-49-29-13-5-21-39(49)40-22-6-14-30-50(40)61)56(62-51-31-15-7-23-41(51)42-24-8-16-32-52(42)62)54(43)60-47-27-11-3-19-37(47)38-20-4-12-28-48(38)60;33-20-23-13-12-22-16-19-25(29-9-5-8-26(23)32(22)29)21-14-17-24(18-15-21)34-30-10-3-1-6-27(30)28-7-2-4-11-31(28)34;30-29(31,32)21-14-17-24-20(18-21)6-5-9-23(24)19-12-15-22(16-13-19)33-27-10-3-1-7-25(27)26-8-2-4-11-28(26)33/h1-32H;1-8,10-19H,9H2;1-18H. The third-order valence-electron chi connectivity index (χ3n) is 26.1. The van der Waals surface area contributed by atoms with Crippen LogP contribution in [0.25, 0.3) is 215 Å². The van der Waals surface area contributed by atoms with E-state index in [1.807, 2.05) is 72.8 Å². The Kier molecular flexibility index (Phi) is 17.4. The zero-order valence-electron chi connectivity index (χ0n) is 69.1. The maximum absolute atomic E-state index is 13.1. The summed E-state index contributed by atoms with van der Waals surface area (Å²) in [5, 5.41) is 51.1. The topological polar surface area (TPSA) is 101 Å². The molecular formula is C117H70F3N9. The first-order valence-electron chi connectivity index (χ1n) is 43.0. The van der Waals surface area contributed by atoms with Gasteiger partial charge in [0, 0.05) is 81.6 Å². The predicted molar refractivity (Wildman–Crippen MR) is 523 cm³/mol. The zero-order valence-corrected chi connectivity index (χ0v) is 69.1. The Morgan fingerprint density at radius 2 is 0.558 bits per heavy atom. The highest BCUT2D eigenvalue weighted by Gasteiger charge is 2.36. The monoisotopic (exact) mass is 1660 g/mol. The van der Waals surface area contributed by atoms with E-state index in [0.29, 0.717) is 33.6 Å². The summed E-state index contributed by atoms with van der Waals surface area (Å²) >= 11 is 0. The number of fused-ring (bicyclic) bond motifs is 19. The fourth-order valence-electron chi connectivity index (χ4n) is 20.7. The summed E-state index contributed by atoms with van der Waals surface area (Å²) in [4.78, 5) is 0. The molecule has 1 aliphatic carbocycles. The highest BCUT2D eigenvalue weighted by atomic mass is 19.4. The van der Waals surface area contributed by atoms with Gasteiger partial charge in [-0.1, -0.05) is 297 Å². The van der Waals surface area contributed by atoms with E-state index in [-0.39, 0.29) is 0 Å². The third-order valence-corrected chi connectivity index (χ3v) is 26.1. The Balaban J connectivity index is 0.000000117. The lowest BCUT2D eigenvalue weighted by Crippen LogP contribution is -2.16. The number of hydrogen-bond donors (Lipinski definition) is 0. The molecule has 0 saturated heterocycles. The summed E-state index contributed by atoms with van der Waals surface area (Å²) in [5.41, 5.74) is 24.7. The van der Waals surface area contributed by atoms with Gasteiger partial charge >= 0.3 is 6.18 Å². The highest BCUT2D eigenvalue weighted by Crippen LogP contribution is 2.51. The molecule has 25 aromatic rings. The summed E-state index contributed by atoms with van der Waals surface area (Å²) in [7, 11) is 0. The van der Waals surface area contributed by atoms with Crippen LogP contribution in [0.3, 0.4) is 0 Å². The Bertz CT molecular complexity index is 8730. The molecule has 9 nitrogen and oxygen atoms in total. The van der Waals surface area contributed by atoms with Gasteiger partial charge in [0.1, 0.15) is 23.3 Å². The maximum Gasteiger partial charge on any atom is 0.416 e. The molecule has 6 heterocycles. The molecule has 26 rings (SSSR count). The smallest absolute Gasteiger partial charge is 0.309 e. The van der Waals surface area contributed by atoms with Gasteiger partial charge in [-0.15, -0.1) is 0 Å². The van der Waals surface area contributed by atoms with Gasteiger partial charge in [0.15, 0.2) is 0 Å². The van der Waals surface area contributed by atoms with Crippen LogP contribution in [0.15, 0.2) is 406 Å². The van der Waals surface area contributed by atoms with Crippen molar-refractivity contribution in [2.75, 3.05) is 0 Å². The van der Waals surface area contributed by atoms with Crippen molar-refractivity contribution in [3.63, 3.8) is 0 Å². The van der Waals surface area contributed by atoms with Crippen molar-refractivity contribution < 1.29 is 13.2 Å². The molecule has 0 amide bonds. The number of allylic oxidation sites excluding steroid dienone is 1. The van der Waals surface area contributed by atoms with Crippen molar-refractivity contribution in [1.82, 2.24) is 27.4 Å². The summed E-state index contributed by atoms with van der Waals surface area (Å²) in [6, 6.07) is 144. The SMILES string of the molecule is FC(F)(F)c1ccc2c(-c3ccc(-n4c5ccccc5c5ccccc54)cc3)cccc2c1.N#Cc1c(-n2c3ccccc3c3ccccc32)c(C#N)c(-n2c3ccccc3c3ccccc32)c(-n2c3ccccc3c3ccccc32)c1-n1c2ccccc2c2ccccc21.N#Cc1ccc2ccc(-c3ccc(-n4c5ccccc5c5ccccc54)cc3)c3c2c1C=CC3. The number of halogens is 3. The van der Waals surface area contributed by atoms with E-state index in [9.17, 15) is 29.0 Å². The lowest BCUT2D eigenvalue weighted by molar-refractivity contribution is -0.137. The molecule has 0 spiro atoms. The molecule has 0 unspecified atom stereocenters. The van der Waals surface area contributed by atoms with Gasteiger partial charge in [0.25, 0.3) is 0 Å². The molecule has 604 valence electrons. The number of nitriles is 3. The first kappa shape index (κ1) is 75.3. The van der Waals surface area contributed by atoms with Gasteiger partial charge in [-0.25, -0.2) is 0 Å². The Morgan fingerprint density at radius 3 is 0.891 bits per heavy atom. The molecule has 0 saturated carbocycles. The number of para-hydroxylation sites is 12. The van der Waals surface area contributed by atoms with E-state index in [0.717, 1.165) is 155 Å². The average Bonchev–Trinajstić information content (AvgIpc) is 1.53. The van der Waals surface area contributed by atoms with Crippen molar-refractivity contribution in [2.45, 2.75) is 12.6 Å². The van der Waals surface area contributed by atoms with Gasteiger partial charge in [-0.2, -0.15) is 29.0 Å². The number of benzene rings is 19. The van der Waals surface area contributed by atoms with Crippen molar-refractivity contribution in [2.24, 2.45) is 0 Å². The molecule has 0 aliphatic heterocycles. The summed E-state index contributed by atoms with van der Waals surface area (Å²) in [6.07, 6.45) is 0.800. The van der Waals surface area contributed by atoms with Crippen molar-refractivity contribution in [3.8, 4) is 74.6 Å². The van der Waals surface area contributed by atoms with Crippen molar-refractivity contribution in [3.05, 3.63) is 440 Å². The van der Waals surface area contributed by atoms with E-state index in [1.165, 1.54) is 66.1 Å². The minimum absolute atomic E-state index is 0.390. The minimum atomic E-state index is -4.35. The first-order chi connectivity index (χ1) is 63.6. The molecular weight excluding hydrogens is 1590 g/mol. The second-order valence-corrected chi connectivity index (χ2v) is 32.9. The fraction of sp³-hybridized carbons (Fsp3) is 0.0171. The summed E-state index contributed by atoms with van der Waals surface area (Å²) in [6.45, 7) is 0. The minimum Gasteiger partial charge on any atom is -0.309 e. The van der Waals surface area contributed by atoms with Crippen molar-refractivity contribution >= 4 is 158 Å². The van der Waals surface area contributed by atoms with E-state index in [2.05, 4.69) is 355 Å². The molecule has 0 radical (unpaired) electrons. The number of aromatic nitrogens is 6. The van der Waals surface area contributed by atoms with Gasteiger partial charge in [0.05, 0.1) is 106 Å². The lowest BCUT2D eigenvalue weighted by atomic mass is 9.85. The maximum atomic E-state index is 13.1. The van der Waals surface area contributed by atoms with Crippen LogP contribution in [-0.2, 0) is 12.6 Å². The van der Waals surface area contributed by atoms with Crippen LogP contribution >= 0.6 is 0 Å². The first-order valence-corrected chi connectivity index (χ1v) is 43.0. The van der Waals surface area contributed by atoms with Crippen LogP contribution in [0.4, 0.5) is 13.2 Å². The Labute approximate surface area is 737 Å². The second-order valence-electron chi connectivity index (χ2n) is 32.9. The average molecular weight is 1660 g/mol. The number of nitrogens with zero attached hydrogens (tertiary/aromatic N) is 9. The van der Waals surface area contributed by atoms with Crippen LogP contribution in [0.2, 0.25) is 0 Å².